The lowest BCUT2D eigenvalue weighted by Crippen LogP contribution is -2.50. The summed E-state index contributed by atoms with van der Waals surface area (Å²) in [5.74, 6) is 0. The summed E-state index contributed by atoms with van der Waals surface area (Å²) in [6, 6.07) is 0. The van der Waals surface area contributed by atoms with E-state index >= 15 is 0 Å². The highest BCUT2D eigenvalue weighted by molar-refractivity contribution is 6.74. The molecule has 0 saturated heterocycles. The SMILES string of the molecule is CC(CC(C)(C)O[Si](C)(C)C(C)(C)C)O[Si](C)(C)C(C)(C)C. The molecule has 1 unspecified atom stereocenters. The van der Waals surface area contributed by atoms with Gasteiger partial charge in [0.1, 0.15) is 0 Å². The summed E-state index contributed by atoms with van der Waals surface area (Å²) in [4.78, 5) is 0. The molecule has 0 rings (SSSR count). The summed E-state index contributed by atoms with van der Waals surface area (Å²) in [6.07, 6.45) is 1.19. The molecular formula is C18H42O2Si2. The highest BCUT2D eigenvalue weighted by Gasteiger charge is 2.43. The van der Waals surface area contributed by atoms with Crippen LogP contribution in [-0.2, 0) is 8.85 Å². The highest BCUT2D eigenvalue weighted by atomic mass is 28.4. The lowest BCUT2D eigenvalue weighted by atomic mass is 10.0. The van der Waals surface area contributed by atoms with Gasteiger partial charge in [-0.2, -0.15) is 0 Å². The van der Waals surface area contributed by atoms with E-state index in [4.69, 9.17) is 8.85 Å². The summed E-state index contributed by atoms with van der Waals surface area (Å²) in [5.41, 5.74) is -0.134. The van der Waals surface area contributed by atoms with Crippen molar-refractivity contribution in [1.82, 2.24) is 0 Å². The molecule has 0 aliphatic heterocycles. The molecule has 22 heavy (non-hydrogen) atoms. The normalized spacial score (nSPS) is 16.8. The van der Waals surface area contributed by atoms with E-state index < -0.39 is 16.6 Å². The van der Waals surface area contributed by atoms with Crippen molar-refractivity contribution in [1.29, 1.82) is 0 Å². The van der Waals surface area contributed by atoms with Gasteiger partial charge in [0.05, 0.1) is 5.60 Å². The van der Waals surface area contributed by atoms with Crippen molar-refractivity contribution in [3.8, 4) is 0 Å². The Morgan fingerprint density at radius 2 is 1.09 bits per heavy atom. The molecule has 0 amide bonds. The maximum absolute atomic E-state index is 6.63. The van der Waals surface area contributed by atoms with Gasteiger partial charge in [-0.3, -0.25) is 0 Å². The largest absolute Gasteiger partial charge is 0.414 e. The second kappa shape index (κ2) is 6.69. The van der Waals surface area contributed by atoms with Crippen molar-refractivity contribution < 1.29 is 8.85 Å². The van der Waals surface area contributed by atoms with E-state index in [0.29, 0.717) is 0 Å². The Labute approximate surface area is 142 Å². The fraction of sp³-hybridized carbons (Fsp3) is 1.00. The molecule has 0 spiro atoms. The Hall–Kier alpha value is 0.354. The Bertz CT molecular complexity index is 360. The smallest absolute Gasteiger partial charge is 0.192 e. The topological polar surface area (TPSA) is 18.5 Å². The Morgan fingerprint density at radius 3 is 1.41 bits per heavy atom. The Morgan fingerprint density at radius 1 is 0.727 bits per heavy atom. The van der Waals surface area contributed by atoms with Gasteiger partial charge < -0.3 is 8.85 Å². The van der Waals surface area contributed by atoms with Crippen LogP contribution in [-0.4, -0.2) is 28.3 Å². The molecule has 0 fully saturated rings. The van der Waals surface area contributed by atoms with Crippen LogP contribution in [0.4, 0.5) is 0 Å². The first-order chi connectivity index (χ1) is 9.31. The maximum Gasteiger partial charge on any atom is 0.192 e. The molecule has 1 atom stereocenters. The van der Waals surface area contributed by atoms with Gasteiger partial charge in [-0.15, -0.1) is 0 Å². The summed E-state index contributed by atoms with van der Waals surface area (Å²) >= 11 is 0. The standard InChI is InChI=1S/C18H42O2Si2/c1-15(19-21(10,11)16(2,3)4)14-18(8,9)20-22(12,13)17(5,6)7/h15H,14H2,1-13H3. The Kier molecular flexibility index (Phi) is 6.80. The van der Waals surface area contributed by atoms with Crippen molar-refractivity contribution in [3.05, 3.63) is 0 Å². The summed E-state index contributed by atoms with van der Waals surface area (Å²) in [7, 11) is -3.45. The second-order valence-corrected chi connectivity index (χ2v) is 20.0. The van der Waals surface area contributed by atoms with Gasteiger partial charge in [0.25, 0.3) is 0 Å². The van der Waals surface area contributed by atoms with Crippen LogP contribution >= 0.6 is 0 Å². The van der Waals surface area contributed by atoms with E-state index in [1.54, 1.807) is 0 Å². The van der Waals surface area contributed by atoms with Gasteiger partial charge >= 0.3 is 0 Å². The zero-order valence-corrected chi connectivity index (χ0v) is 19.6. The maximum atomic E-state index is 6.63. The fourth-order valence-electron chi connectivity index (χ4n) is 2.30. The van der Waals surface area contributed by atoms with E-state index in [9.17, 15) is 0 Å². The first-order valence-corrected chi connectivity index (χ1v) is 14.5. The highest BCUT2D eigenvalue weighted by Crippen LogP contribution is 2.41. The predicted octanol–water partition coefficient (Wildman–Crippen LogP) is 6.59. The first-order valence-electron chi connectivity index (χ1n) is 8.69. The summed E-state index contributed by atoms with van der Waals surface area (Å²) in [6.45, 7) is 29.7. The summed E-state index contributed by atoms with van der Waals surface area (Å²) in [5, 5.41) is 0.499. The van der Waals surface area contributed by atoms with Gasteiger partial charge in [-0.1, -0.05) is 41.5 Å². The molecule has 0 saturated carbocycles. The van der Waals surface area contributed by atoms with Gasteiger partial charge in [0.15, 0.2) is 16.6 Å². The van der Waals surface area contributed by atoms with Crippen LogP contribution in [0, 0.1) is 0 Å². The van der Waals surface area contributed by atoms with E-state index in [-0.39, 0.29) is 21.8 Å². The predicted molar refractivity (Wildman–Crippen MR) is 105 cm³/mol. The zero-order chi connectivity index (χ0) is 18.2. The Balaban J connectivity index is 4.87. The van der Waals surface area contributed by atoms with Crippen molar-refractivity contribution >= 4 is 16.6 Å². The quantitative estimate of drug-likeness (QED) is 0.505. The lowest BCUT2D eigenvalue weighted by Gasteiger charge is -2.45. The van der Waals surface area contributed by atoms with Crippen molar-refractivity contribution in [3.63, 3.8) is 0 Å². The van der Waals surface area contributed by atoms with Crippen LogP contribution in [0.5, 0.6) is 0 Å². The van der Waals surface area contributed by atoms with E-state index in [1.165, 1.54) is 0 Å². The fourth-order valence-corrected chi connectivity index (χ4v) is 5.51. The molecule has 4 heteroatoms. The van der Waals surface area contributed by atoms with Crippen LogP contribution in [0.3, 0.4) is 0 Å². The van der Waals surface area contributed by atoms with Crippen molar-refractivity contribution in [2.45, 2.75) is 117 Å². The number of rotatable bonds is 6. The molecule has 0 radical (unpaired) electrons. The van der Waals surface area contributed by atoms with Crippen LogP contribution in [0.1, 0.15) is 68.7 Å². The van der Waals surface area contributed by atoms with Crippen LogP contribution < -0.4 is 0 Å². The minimum atomic E-state index is -1.75. The third kappa shape index (κ3) is 6.46. The molecule has 0 aromatic rings. The lowest BCUT2D eigenvalue weighted by molar-refractivity contribution is 0.0381. The van der Waals surface area contributed by atoms with Crippen molar-refractivity contribution in [2.24, 2.45) is 0 Å². The van der Waals surface area contributed by atoms with E-state index in [2.05, 4.69) is 88.5 Å². The molecule has 0 aromatic carbocycles. The summed E-state index contributed by atoms with van der Waals surface area (Å²) < 4.78 is 13.1. The van der Waals surface area contributed by atoms with E-state index in [1.807, 2.05) is 0 Å². The van der Waals surface area contributed by atoms with Gasteiger partial charge in [0, 0.05) is 6.10 Å². The minimum absolute atomic E-state index is 0.134. The van der Waals surface area contributed by atoms with Gasteiger partial charge in [-0.05, 0) is 63.5 Å². The number of hydrogen-bond acceptors (Lipinski definition) is 2. The molecule has 2 nitrogen and oxygen atoms in total. The van der Waals surface area contributed by atoms with Gasteiger partial charge in [0.2, 0.25) is 0 Å². The molecule has 0 aliphatic carbocycles. The second-order valence-electron chi connectivity index (χ2n) is 10.5. The zero-order valence-electron chi connectivity index (χ0n) is 17.6. The monoisotopic (exact) mass is 346 g/mol. The first kappa shape index (κ1) is 22.4. The number of hydrogen-bond donors (Lipinski definition) is 0. The molecule has 0 N–H and O–H groups in total. The van der Waals surface area contributed by atoms with Crippen LogP contribution in [0.2, 0.25) is 36.3 Å². The molecule has 0 aromatic heterocycles. The van der Waals surface area contributed by atoms with E-state index in [0.717, 1.165) is 6.42 Å². The molecule has 0 aliphatic rings. The molecule has 0 bridgehead atoms. The third-order valence-electron chi connectivity index (χ3n) is 5.42. The minimum Gasteiger partial charge on any atom is -0.414 e. The average molecular weight is 347 g/mol. The van der Waals surface area contributed by atoms with Crippen molar-refractivity contribution in [2.75, 3.05) is 0 Å². The molecule has 0 heterocycles. The van der Waals surface area contributed by atoms with Crippen LogP contribution in [0.15, 0.2) is 0 Å². The average Bonchev–Trinajstić information content (AvgIpc) is 2.07. The van der Waals surface area contributed by atoms with Gasteiger partial charge in [-0.25, -0.2) is 0 Å². The van der Waals surface area contributed by atoms with Crippen LogP contribution in [0.25, 0.3) is 0 Å². The molecule has 134 valence electrons. The third-order valence-corrected chi connectivity index (χ3v) is 14.7. The molecular weight excluding hydrogens is 304 g/mol.